The van der Waals surface area contributed by atoms with E-state index >= 15 is 0 Å². The van der Waals surface area contributed by atoms with Crippen LogP contribution in [0.2, 0.25) is 0 Å². The number of aromatic nitrogens is 2. The molecular formula is C16H12N2O. The average molecular weight is 248 g/mol. The number of aryl methyl sites for hydroxylation is 1. The van der Waals surface area contributed by atoms with Crippen LogP contribution in [0, 0.1) is 6.92 Å². The molecule has 0 spiro atoms. The molecule has 0 aliphatic heterocycles. The van der Waals surface area contributed by atoms with Crippen molar-refractivity contribution in [3.05, 3.63) is 71.8 Å². The number of hydrogen-bond donors (Lipinski definition) is 0. The van der Waals surface area contributed by atoms with E-state index < -0.39 is 0 Å². The number of benzene rings is 1. The molecule has 2 aromatic heterocycles. The van der Waals surface area contributed by atoms with Crippen LogP contribution in [0.4, 0.5) is 0 Å². The van der Waals surface area contributed by atoms with Gasteiger partial charge >= 0.3 is 0 Å². The number of ketones is 1. The Labute approximate surface area is 111 Å². The van der Waals surface area contributed by atoms with E-state index in [1.807, 2.05) is 37.3 Å². The highest BCUT2D eigenvalue weighted by atomic mass is 16.1. The SMILES string of the molecule is Cc1ncccc1C(=O)c1cccc2cnccc12. The van der Waals surface area contributed by atoms with E-state index in [0.29, 0.717) is 11.1 Å². The molecule has 0 amide bonds. The monoisotopic (exact) mass is 248 g/mol. The third kappa shape index (κ3) is 1.99. The Hall–Kier alpha value is -2.55. The predicted molar refractivity (Wildman–Crippen MR) is 74.1 cm³/mol. The highest BCUT2D eigenvalue weighted by Crippen LogP contribution is 2.21. The lowest BCUT2D eigenvalue weighted by atomic mass is 9.98. The van der Waals surface area contributed by atoms with Gasteiger partial charge in [0.25, 0.3) is 0 Å². The molecule has 0 atom stereocenters. The van der Waals surface area contributed by atoms with Gasteiger partial charge in [-0.2, -0.15) is 0 Å². The summed E-state index contributed by atoms with van der Waals surface area (Å²) in [5, 5.41) is 1.89. The largest absolute Gasteiger partial charge is 0.289 e. The third-order valence-electron chi connectivity index (χ3n) is 3.18. The van der Waals surface area contributed by atoms with Crippen molar-refractivity contribution >= 4 is 16.6 Å². The Morgan fingerprint density at radius 3 is 2.68 bits per heavy atom. The Balaban J connectivity index is 2.20. The van der Waals surface area contributed by atoms with Gasteiger partial charge in [0.15, 0.2) is 5.78 Å². The molecule has 92 valence electrons. The molecule has 0 N–H and O–H groups in total. The van der Waals surface area contributed by atoms with Crippen LogP contribution in [0.3, 0.4) is 0 Å². The smallest absolute Gasteiger partial charge is 0.195 e. The zero-order valence-electron chi connectivity index (χ0n) is 10.5. The number of nitrogens with zero attached hydrogens (tertiary/aromatic N) is 2. The summed E-state index contributed by atoms with van der Waals surface area (Å²) < 4.78 is 0. The standard InChI is InChI=1S/C16H12N2O/c1-11-13(6-3-8-18-11)16(19)15-5-2-4-12-10-17-9-7-14(12)15/h2-10H,1H3. The van der Waals surface area contributed by atoms with Crippen LogP contribution in [0.25, 0.3) is 10.8 Å². The minimum Gasteiger partial charge on any atom is -0.289 e. The molecule has 3 rings (SSSR count). The summed E-state index contributed by atoms with van der Waals surface area (Å²) in [6.07, 6.45) is 5.16. The fraction of sp³-hybridized carbons (Fsp3) is 0.0625. The molecule has 1 aromatic carbocycles. The molecule has 2 heterocycles. The predicted octanol–water partition coefficient (Wildman–Crippen LogP) is 3.17. The molecule has 3 nitrogen and oxygen atoms in total. The molecule has 0 unspecified atom stereocenters. The molecule has 0 fully saturated rings. The molecular weight excluding hydrogens is 236 g/mol. The van der Waals surface area contributed by atoms with Crippen LogP contribution in [0.5, 0.6) is 0 Å². The summed E-state index contributed by atoms with van der Waals surface area (Å²) in [5.41, 5.74) is 2.08. The fourth-order valence-corrected chi connectivity index (χ4v) is 2.19. The average Bonchev–Trinajstić information content (AvgIpc) is 2.46. The van der Waals surface area contributed by atoms with Gasteiger partial charge in [0, 0.05) is 40.8 Å². The van der Waals surface area contributed by atoms with Crippen molar-refractivity contribution in [2.24, 2.45) is 0 Å². The zero-order valence-corrected chi connectivity index (χ0v) is 10.5. The van der Waals surface area contributed by atoms with Crippen molar-refractivity contribution in [2.45, 2.75) is 6.92 Å². The molecule has 0 aliphatic rings. The Kier molecular flexibility index (Phi) is 2.80. The van der Waals surface area contributed by atoms with Crippen molar-refractivity contribution in [1.82, 2.24) is 9.97 Å². The maximum absolute atomic E-state index is 12.6. The first-order valence-electron chi connectivity index (χ1n) is 6.06. The third-order valence-corrected chi connectivity index (χ3v) is 3.18. The van der Waals surface area contributed by atoms with Crippen LogP contribution in [-0.4, -0.2) is 15.8 Å². The number of carbonyl (C=O) groups is 1. The van der Waals surface area contributed by atoms with Gasteiger partial charge < -0.3 is 0 Å². The molecule has 0 saturated carbocycles. The van der Waals surface area contributed by atoms with E-state index in [4.69, 9.17) is 0 Å². The molecule has 0 radical (unpaired) electrons. The lowest BCUT2D eigenvalue weighted by molar-refractivity contribution is 0.103. The van der Waals surface area contributed by atoms with E-state index in [1.54, 1.807) is 24.7 Å². The number of carbonyl (C=O) groups excluding carboxylic acids is 1. The van der Waals surface area contributed by atoms with E-state index in [2.05, 4.69) is 9.97 Å². The van der Waals surface area contributed by atoms with Crippen LogP contribution in [-0.2, 0) is 0 Å². The van der Waals surface area contributed by atoms with Gasteiger partial charge in [0.1, 0.15) is 0 Å². The van der Waals surface area contributed by atoms with Crippen molar-refractivity contribution in [3.63, 3.8) is 0 Å². The number of pyridine rings is 2. The normalized spacial score (nSPS) is 10.6. The molecule has 0 bridgehead atoms. The number of fused-ring (bicyclic) bond motifs is 1. The first kappa shape index (κ1) is 11.5. The van der Waals surface area contributed by atoms with Crippen molar-refractivity contribution < 1.29 is 4.79 Å². The topological polar surface area (TPSA) is 42.9 Å². The van der Waals surface area contributed by atoms with Crippen molar-refractivity contribution in [3.8, 4) is 0 Å². The lowest BCUT2D eigenvalue weighted by Gasteiger charge is -2.07. The second kappa shape index (κ2) is 4.61. The summed E-state index contributed by atoms with van der Waals surface area (Å²) in [5.74, 6) is 0.00222. The highest BCUT2D eigenvalue weighted by molar-refractivity contribution is 6.16. The van der Waals surface area contributed by atoms with Crippen LogP contribution in [0.15, 0.2) is 55.0 Å². The van der Waals surface area contributed by atoms with Gasteiger partial charge in [-0.15, -0.1) is 0 Å². The first-order chi connectivity index (χ1) is 9.27. The van der Waals surface area contributed by atoms with E-state index in [0.717, 1.165) is 16.5 Å². The molecule has 0 saturated heterocycles. The Morgan fingerprint density at radius 2 is 1.84 bits per heavy atom. The Bertz CT molecular complexity index is 760. The first-order valence-corrected chi connectivity index (χ1v) is 6.06. The maximum atomic E-state index is 12.6. The van der Waals surface area contributed by atoms with E-state index in [-0.39, 0.29) is 5.78 Å². The molecule has 0 aliphatic carbocycles. The van der Waals surface area contributed by atoms with Gasteiger partial charge in [-0.1, -0.05) is 18.2 Å². The minimum atomic E-state index is 0.00222. The lowest BCUT2D eigenvalue weighted by Crippen LogP contribution is -2.05. The van der Waals surface area contributed by atoms with E-state index in [1.165, 1.54) is 0 Å². The van der Waals surface area contributed by atoms with Gasteiger partial charge in [-0.25, -0.2) is 0 Å². The second-order valence-corrected chi connectivity index (χ2v) is 4.37. The van der Waals surface area contributed by atoms with E-state index in [9.17, 15) is 4.79 Å². The molecule has 3 heteroatoms. The summed E-state index contributed by atoms with van der Waals surface area (Å²) in [6.45, 7) is 1.85. The molecule has 19 heavy (non-hydrogen) atoms. The van der Waals surface area contributed by atoms with Crippen LogP contribution >= 0.6 is 0 Å². The fourth-order valence-electron chi connectivity index (χ4n) is 2.19. The summed E-state index contributed by atoms with van der Waals surface area (Å²) >= 11 is 0. The van der Waals surface area contributed by atoms with Crippen LogP contribution < -0.4 is 0 Å². The number of rotatable bonds is 2. The summed E-state index contributed by atoms with van der Waals surface area (Å²) in [6, 6.07) is 11.1. The highest BCUT2D eigenvalue weighted by Gasteiger charge is 2.14. The summed E-state index contributed by atoms with van der Waals surface area (Å²) in [7, 11) is 0. The van der Waals surface area contributed by atoms with Gasteiger partial charge in [0.2, 0.25) is 0 Å². The number of hydrogen-bond acceptors (Lipinski definition) is 3. The van der Waals surface area contributed by atoms with Gasteiger partial charge in [-0.05, 0) is 30.5 Å². The zero-order chi connectivity index (χ0) is 13.2. The summed E-state index contributed by atoms with van der Waals surface area (Å²) in [4.78, 5) is 20.9. The van der Waals surface area contributed by atoms with Crippen molar-refractivity contribution in [1.29, 1.82) is 0 Å². The van der Waals surface area contributed by atoms with Gasteiger partial charge in [0.05, 0.1) is 0 Å². The minimum absolute atomic E-state index is 0.00222. The quantitative estimate of drug-likeness (QED) is 0.654. The van der Waals surface area contributed by atoms with Gasteiger partial charge in [-0.3, -0.25) is 14.8 Å². The maximum Gasteiger partial charge on any atom is 0.195 e. The van der Waals surface area contributed by atoms with Crippen molar-refractivity contribution in [2.75, 3.05) is 0 Å². The van der Waals surface area contributed by atoms with Crippen LogP contribution in [0.1, 0.15) is 21.6 Å². The molecule has 3 aromatic rings. The Morgan fingerprint density at radius 1 is 1.00 bits per heavy atom. The second-order valence-electron chi connectivity index (χ2n) is 4.37.